The largest absolute Gasteiger partial charge is 0.337 e. The summed E-state index contributed by atoms with van der Waals surface area (Å²) in [7, 11) is 0. The fraction of sp³-hybridized carbons (Fsp3) is 0.462. The molecular formula is C13H16F2N2OS. The van der Waals surface area contributed by atoms with Gasteiger partial charge < -0.3 is 10.2 Å². The Morgan fingerprint density at radius 3 is 2.63 bits per heavy atom. The average Bonchev–Trinajstić information content (AvgIpc) is 2.67. The number of hydrogen-bond acceptors (Lipinski definition) is 3. The van der Waals surface area contributed by atoms with Crippen molar-refractivity contribution >= 4 is 17.7 Å². The lowest BCUT2D eigenvalue weighted by Gasteiger charge is -2.20. The predicted molar refractivity (Wildman–Crippen MR) is 71.7 cm³/mol. The van der Waals surface area contributed by atoms with Crippen LogP contribution in [0.1, 0.15) is 16.8 Å². The van der Waals surface area contributed by atoms with Crippen LogP contribution in [-0.4, -0.2) is 42.7 Å². The lowest BCUT2D eigenvalue weighted by atomic mass is 10.2. The second kappa shape index (κ2) is 6.86. The van der Waals surface area contributed by atoms with Gasteiger partial charge in [-0.15, -0.1) is 0 Å². The van der Waals surface area contributed by atoms with Crippen LogP contribution in [0.4, 0.5) is 8.78 Å². The molecule has 0 saturated carbocycles. The summed E-state index contributed by atoms with van der Waals surface area (Å²) in [5, 5.41) is 3.23. The van der Waals surface area contributed by atoms with Gasteiger partial charge in [0, 0.05) is 30.1 Å². The summed E-state index contributed by atoms with van der Waals surface area (Å²) in [6, 6.07) is 6.37. The van der Waals surface area contributed by atoms with E-state index >= 15 is 0 Å². The fourth-order valence-electron chi connectivity index (χ4n) is 2.01. The second-order valence-corrected chi connectivity index (χ2v) is 5.36. The van der Waals surface area contributed by atoms with Crippen molar-refractivity contribution in [3.63, 3.8) is 0 Å². The summed E-state index contributed by atoms with van der Waals surface area (Å²) in [5.74, 6) is -2.46. The molecule has 1 N–H and O–H groups in total. The second-order valence-electron chi connectivity index (χ2n) is 4.30. The minimum atomic E-state index is -2.43. The molecule has 0 radical (unpaired) electrons. The van der Waals surface area contributed by atoms with E-state index in [4.69, 9.17) is 0 Å². The molecule has 0 spiro atoms. The molecule has 1 aromatic rings. The van der Waals surface area contributed by atoms with Gasteiger partial charge in [-0.05, 0) is 37.2 Å². The van der Waals surface area contributed by atoms with E-state index in [-0.39, 0.29) is 5.91 Å². The maximum Gasteiger partial charge on any atom is 0.288 e. The van der Waals surface area contributed by atoms with Crippen molar-refractivity contribution in [3.8, 4) is 0 Å². The van der Waals surface area contributed by atoms with E-state index < -0.39 is 5.76 Å². The summed E-state index contributed by atoms with van der Waals surface area (Å²) in [5.41, 5.74) is 0.556. The summed E-state index contributed by atoms with van der Waals surface area (Å²) < 4.78 is 24.4. The average molecular weight is 286 g/mol. The van der Waals surface area contributed by atoms with Gasteiger partial charge in [-0.1, -0.05) is 11.8 Å². The molecule has 1 aliphatic heterocycles. The molecule has 19 heavy (non-hydrogen) atoms. The van der Waals surface area contributed by atoms with Crippen molar-refractivity contribution in [2.24, 2.45) is 0 Å². The predicted octanol–water partition coefficient (Wildman–Crippen LogP) is 2.44. The van der Waals surface area contributed by atoms with Crippen molar-refractivity contribution in [1.29, 1.82) is 0 Å². The summed E-state index contributed by atoms with van der Waals surface area (Å²) >= 11 is 0.490. The Bertz CT molecular complexity index is 417. The van der Waals surface area contributed by atoms with Crippen LogP contribution in [-0.2, 0) is 0 Å². The number of hydrogen-bond donors (Lipinski definition) is 1. The van der Waals surface area contributed by atoms with E-state index in [1.165, 1.54) is 0 Å². The number of rotatable bonds is 3. The topological polar surface area (TPSA) is 32.3 Å². The highest BCUT2D eigenvalue weighted by Crippen LogP contribution is 2.25. The van der Waals surface area contributed by atoms with Gasteiger partial charge in [-0.25, -0.2) is 0 Å². The zero-order valence-corrected chi connectivity index (χ0v) is 11.3. The number of benzene rings is 1. The number of halogens is 2. The van der Waals surface area contributed by atoms with Crippen LogP contribution >= 0.6 is 11.8 Å². The quantitative estimate of drug-likeness (QED) is 0.866. The van der Waals surface area contributed by atoms with E-state index in [9.17, 15) is 13.6 Å². The van der Waals surface area contributed by atoms with E-state index in [1.807, 2.05) is 0 Å². The molecule has 3 nitrogen and oxygen atoms in total. The molecule has 0 aliphatic carbocycles. The number of alkyl halides is 2. The number of carbonyl (C=O) groups is 1. The van der Waals surface area contributed by atoms with Crippen LogP contribution in [0, 0.1) is 0 Å². The molecule has 1 heterocycles. The molecule has 0 atom stereocenters. The SMILES string of the molecule is O=C(c1ccc(SC(F)F)cc1)N1CCCNCC1. The third-order valence-electron chi connectivity index (χ3n) is 2.95. The van der Waals surface area contributed by atoms with Crippen LogP contribution in [0.25, 0.3) is 0 Å². The van der Waals surface area contributed by atoms with Crippen LogP contribution in [0.5, 0.6) is 0 Å². The Kier molecular flexibility index (Phi) is 5.15. The fourth-order valence-corrected chi connectivity index (χ4v) is 2.51. The molecule has 104 valence electrons. The van der Waals surface area contributed by atoms with Crippen molar-refractivity contribution in [1.82, 2.24) is 10.2 Å². The van der Waals surface area contributed by atoms with Crippen LogP contribution < -0.4 is 5.32 Å². The molecule has 0 unspecified atom stereocenters. The number of thioether (sulfide) groups is 1. The summed E-state index contributed by atoms with van der Waals surface area (Å²) in [4.78, 5) is 14.5. The van der Waals surface area contributed by atoms with E-state index in [0.29, 0.717) is 28.8 Å². The van der Waals surface area contributed by atoms with Gasteiger partial charge in [0.05, 0.1) is 0 Å². The smallest absolute Gasteiger partial charge is 0.288 e. The monoisotopic (exact) mass is 286 g/mol. The van der Waals surface area contributed by atoms with Gasteiger partial charge in [-0.2, -0.15) is 8.78 Å². The minimum Gasteiger partial charge on any atom is -0.337 e. The van der Waals surface area contributed by atoms with Crippen LogP contribution in [0.15, 0.2) is 29.2 Å². The standard InChI is InChI=1S/C13H16F2N2OS/c14-13(15)19-11-4-2-10(3-5-11)12(18)17-8-1-6-16-7-9-17/h2-5,13,16H,1,6-9H2. The maximum atomic E-state index is 12.2. The molecule has 0 bridgehead atoms. The Balaban J connectivity index is 2.02. The highest BCUT2D eigenvalue weighted by atomic mass is 32.2. The first kappa shape index (κ1) is 14.3. The van der Waals surface area contributed by atoms with Crippen molar-refractivity contribution in [2.45, 2.75) is 17.1 Å². The van der Waals surface area contributed by atoms with Gasteiger partial charge in [0.25, 0.3) is 11.7 Å². The first-order chi connectivity index (χ1) is 9.16. The van der Waals surface area contributed by atoms with E-state index in [0.717, 1.165) is 26.1 Å². The molecule has 0 aromatic heterocycles. The molecule has 6 heteroatoms. The number of nitrogens with one attached hydrogen (secondary N) is 1. The first-order valence-corrected chi connectivity index (χ1v) is 7.09. The molecule has 2 rings (SSSR count). The first-order valence-electron chi connectivity index (χ1n) is 6.21. The lowest BCUT2D eigenvalue weighted by Crippen LogP contribution is -2.34. The number of carbonyl (C=O) groups excluding carboxylic acids is 1. The minimum absolute atomic E-state index is 0.0303. The normalized spacial score (nSPS) is 16.5. The molecular weight excluding hydrogens is 270 g/mol. The zero-order valence-electron chi connectivity index (χ0n) is 10.4. The number of amides is 1. The van der Waals surface area contributed by atoms with Gasteiger partial charge in [0.1, 0.15) is 0 Å². The van der Waals surface area contributed by atoms with Gasteiger partial charge in [0.15, 0.2) is 0 Å². The van der Waals surface area contributed by atoms with Crippen LogP contribution in [0.2, 0.25) is 0 Å². The van der Waals surface area contributed by atoms with Gasteiger partial charge in [-0.3, -0.25) is 4.79 Å². The van der Waals surface area contributed by atoms with Crippen molar-refractivity contribution in [3.05, 3.63) is 29.8 Å². The Labute approximate surface area is 115 Å². The van der Waals surface area contributed by atoms with E-state index in [1.54, 1.807) is 29.2 Å². The van der Waals surface area contributed by atoms with Crippen molar-refractivity contribution in [2.75, 3.05) is 26.2 Å². The van der Waals surface area contributed by atoms with Crippen LogP contribution in [0.3, 0.4) is 0 Å². The number of nitrogens with zero attached hydrogens (tertiary/aromatic N) is 1. The third kappa shape index (κ3) is 4.18. The highest BCUT2D eigenvalue weighted by molar-refractivity contribution is 7.99. The molecule has 1 fully saturated rings. The Morgan fingerprint density at radius 1 is 1.21 bits per heavy atom. The summed E-state index contributed by atoms with van der Waals surface area (Å²) in [6.07, 6.45) is 0.936. The van der Waals surface area contributed by atoms with Crippen molar-refractivity contribution < 1.29 is 13.6 Å². The highest BCUT2D eigenvalue weighted by Gasteiger charge is 2.17. The third-order valence-corrected chi connectivity index (χ3v) is 3.68. The maximum absolute atomic E-state index is 12.2. The lowest BCUT2D eigenvalue weighted by molar-refractivity contribution is 0.0766. The molecule has 1 amide bonds. The zero-order chi connectivity index (χ0) is 13.7. The van der Waals surface area contributed by atoms with E-state index in [2.05, 4.69) is 5.32 Å². The molecule has 1 saturated heterocycles. The Hall–Kier alpha value is -1.14. The Morgan fingerprint density at radius 2 is 1.95 bits per heavy atom. The van der Waals surface area contributed by atoms with Gasteiger partial charge >= 0.3 is 0 Å². The van der Waals surface area contributed by atoms with Gasteiger partial charge in [0.2, 0.25) is 0 Å². The molecule has 1 aromatic carbocycles. The molecule has 1 aliphatic rings. The summed E-state index contributed by atoms with van der Waals surface area (Å²) in [6.45, 7) is 3.14.